The van der Waals surface area contributed by atoms with E-state index in [1.807, 2.05) is 0 Å². The van der Waals surface area contributed by atoms with Gasteiger partial charge in [0.15, 0.2) is 5.75 Å². The number of carbonyl (C=O) groups is 7. The van der Waals surface area contributed by atoms with Crippen molar-refractivity contribution in [1.82, 2.24) is 31.1 Å². The molecule has 0 radical (unpaired) electrons. The zero-order valence-electron chi connectivity index (χ0n) is 38.1. The molecule has 2 aromatic rings. The maximum Gasteiger partial charge on any atom is 0.326 e. The van der Waals surface area contributed by atoms with Crippen LogP contribution in [-0.2, 0) is 40.0 Å². The van der Waals surface area contributed by atoms with Gasteiger partial charge in [0.2, 0.25) is 35.4 Å². The Hall–Kier alpha value is -5.99. The van der Waals surface area contributed by atoms with Crippen molar-refractivity contribution in [3.05, 3.63) is 41.5 Å². The van der Waals surface area contributed by atoms with Crippen molar-refractivity contribution < 1.29 is 64.4 Å². The smallest absolute Gasteiger partial charge is 0.326 e. The van der Waals surface area contributed by atoms with Crippen LogP contribution in [0.4, 0.5) is 5.69 Å². The number of carboxylic acids is 1. The van der Waals surface area contributed by atoms with Crippen LogP contribution in [0.2, 0.25) is 0 Å². The number of carboxylic acid groups (broad SMARTS) is 1. The molecule has 6 atom stereocenters. The monoisotopic (exact) mass is 913 g/mol. The number of unbranched alkanes of at least 4 members (excludes halogenated alkanes) is 7. The molecule has 2 aromatic carbocycles. The number of rotatable bonds is 22. The Morgan fingerprint density at radius 3 is 2.06 bits per heavy atom. The summed E-state index contributed by atoms with van der Waals surface area (Å²) in [4.78, 5) is 94.2. The molecule has 6 amide bonds. The number of aliphatic carboxylic acids is 1. The molecular formula is C45H67N7O13. The fourth-order valence-corrected chi connectivity index (χ4v) is 7.46. The number of aliphatic hydroxyl groups excluding tert-OH is 1. The van der Waals surface area contributed by atoms with Gasteiger partial charge in [0.05, 0.1) is 13.2 Å². The van der Waals surface area contributed by atoms with Gasteiger partial charge >= 0.3 is 5.97 Å². The first-order chi connectivity index (χ1) is 30.7. The van der Waals surface area contributed by atoms with Crippen LogP contribution in [0.15, 0.2) is 30.3 Å². The van der Waals surface area contributed by atoms with Crippen LogP contribution in [0.25, 0.3) is 11.1 Å². The van der Waals surface area contributed by atoms with Crippen molar-refractivity contribution in [2.45, 2.75) is 135 Å². The van der Waals surface area contributed by atoms with Gasteiger partial charge in [-0.3, -0.25) is 39.2 Å². The topological polar surface area (TPSA) is 299 Å². The van der Waals surface area contributed by atoms with Gasteiger partial charge in [-0.2, -0.15) is 0 Å². The number of amides is 6. The van der Waals surface area contributed by atoms with E-state index in [9.17, 15) is 64.4 Å². The van der Waals surface area contributed by atoms with Crippen LogP contribution in [0.3, 0.4) is 0 Å². The van der Waals surface area contributed by atoms with Crippen LogP contribution in [-0.4, -0.2) is 133 Å². The van der Waals surface area contributed by atoms with Gasteiger partial charge in [-0.1, -0.05) is 77.7 Å². The summed E-state index contributed by atoms with van der Waals surface area (Å²) in [6.45, 7) is 5.67. The van der Waals surface area contributed by atoms with Crippen molar-refractivity contribution >= 4 is 47.1 Å². The molecule has 1 aliphatic rings. The predicted octanol–water partition coefficient (Wildman–Crippen LogP) is 2.87. The molecule has 10 N–H and O–H groups in total. The van der Waals surface area contributed by atoms with Crippen LogP contribution in [0.5, 0.6) is 11.5 Å². The Morgan fingerprint density at radius 1 is 0.831 bits per heavy atom. The highest BCUT2D eigenvalue weighted by Crippen LogP contribution is 2.43. The van der Waals surface area contributed by atoms with Gasteiger partial charge in [0, 0.05) is 38.1 Å². The quantitative estimate of drug-likeness (QED) is 0.0601. The second-order valence-corrected chi connectivity index (χ2v) is 16.8. The second-order valence-electron chi connectivity index (χ2n) is 16.8. The number of phenols is 2. The summed E-state index contributed by atoms with van der Waals surface area (Å²) in [5, 5.41) is 70.9. The van der Waals surface area contributed by atoms with Crippen LogP contribution >= 0.6 is 0 Å². The predicted molar refractivity (Wildman–Crippen MR) is 238 cm³/mol. The minimum Gasteiger partial charge on any atom is -0.507 e. The number of aromatic hydroxyl groups is 2. The van der Waals surface area contributed by atoms with Gasteiger partial charge in [-0.05, 0) is 61.6 Å². The van der Waals surface area contributed by atoms with E-state index in [0.717, 1.165) is 53.5 Å². The Morgan fingerprint density at radius 2 is 1.46 bits per heavy atom. The van der Waals surface area contributed by atoms with E-state index in [1.165, 1.54) is 78.2 Å². The normalized spacial score (nSPS) is 17.6. The summed E-state index contributed by atoms with van der Waals surface area (Å²) in [6, 6.07) is -1.14. The van der Waals surface area contributed by atoms with E-state index in [0.29, 0.717) is 6.42 Å². The second kappa shape index (κ2) is 25.5. The number of hydrogen-bond donors (Lipinski definition) is 10. The third-order valence-corrected chi connectivity index (χ3v) is 11.9. The first-order valence-electron chi connectivity index (χ1n) is 22.1. The molecule has 1 heterocycles. The zero-order valence-corrected chi connectivity index (χ0v) is 38.1. The van der Waals surface area contributed by atoms with E-state index in [4.69, 9.17) is 0 Å². The molecule has 1 aliphatic heterocycles. The van der Waals surface area contributed by atoms with Crippen LogP contribution < -0.4 is 26.5 Å². The van der Waals surface area contributed by atoms with Gasteiger partial charge in [-0.15, -0.1) is 5.23 Å². The van der Waals surface area contributed by atoms with E-state index < -0.39 is 108 Å². The summed E-state index contributed by atoms with van der Waals surface area (Å²) in [5.74, 6) is -6.63. The lowest BCUT2D eigenvalue weighted by Gasteiger charge is -2.30. The lowest BCUT2D eigenvalue weighted by Crippen LogP contribution is -2.55. The Bertz CT molecular complexity index is 2000. The van der Waals surface area contributed by atoms with Crippen molar-refractivity contribution in [3.8, 4) is 22.6 Å². The average Bonchev–Trinajstić information content (AvgIpc) is 3.26. The first kappa shape index (κ1) is 53.3. The molecule has 0 aliphatic carbocycles. The van der Waals surface area contributed by atoms with E-state index in [2.05, 4.69) is 35.1 Å². The summed E-state index contributed by atoms with van der Waals surface area (Å²) in [7, 11) is 2.61. The van der Waals surface area contributed by atoms with Gasteiger partial charge in [-0.25, -0.2) is 4.79 Å². The van der Waals surface area contributed by atoms with Crippen molar-refractivity contribution in [2.24, 2.45) is 5.92 Å². The van der Waals surface area contributed by atoms with Gasteiger partial charge in [0.25, 0.3) is 0 Å². The summed E-state index contributed by atoms with van der Waals surface area (Å²) in [6.07, 6.45) is 10.6. The number of anilines is 1. The van der Waals surface area contributed by atoms with Crippen LogP contribution in [0, 0.1) is 5.92 Å². The SMILES string of the molecule is CCC(C)CCCCCCCCCCC(=O)N(C)C(CO)C(=O)NC(C)C(=O)NCC(=O)N(C)C1C(=O)NC(C)C(=O)NC(C(=O)O)Cc2cc(c(O)c(N(O)O)c2)-c2cc1ccc2O. The highest BCUT2D eigenvalue weighted by Gasteiger charge is 2.34. The number of carbonyl (C=O) groups excluding carboxylic acids is 6. The molecule has 65 heavy (non-hydrogen) atoms. The number of hydrogen-bond acceptors (Lipinski definition) is 13. The number of nitrogens with one attached hydrogen (secondary N) is 4. The summed E-state index contributed by atoms with van der Waals surface area (Å²) < 4.78 is 0. The fourth-order valence-electron chi connectivity index (χ4n) is 7.46. The van der Waals surface area contributed by atoms with E-state index >= 15 is 0 Å². The third-order valence-electron chi connectivity index (χ3n) is 11.9. The summed E-state index contributed by atoms with van der Waals surface area (Å²) in [5.41, 5.74) is -0.915. The highest BCUT2D eigenvalue weighted by atomic mass is 16.8. The molecular weight excluding hydrogens is 847 g/mol. The number of aliphatic hydroxyl groups is 1. The fraction of sp³-hybridized carbons (Fsp3) is 0.578. The molecule has 0 saturated heterocycles. The van der Waals surface area contributed by atoms with Gasteiger partial charge in [0.1, 0.15) is 41.6 Å². The standard InChI is InChI=1S/C45H67N7O13/c1-7-26(2)16-14-12-10-8-9-11-13-15-17-37(55)50(5)35(25-53)43(60)47-27(3)41(58)46-24-38(56)51(6)39-30-18-19-36(54)31(23-30)32-20-29(22-34(40(32)57)52(64)65)21-33(45(62)63)49-42(59)28(4)48-44(39)61/h18-20,22-23,26-28,33,35,39,53-54,57,64-65H,7-17,21,24-25H2,1-6H3,(H,46,58)(H,47,60)(H,48,61)(H,49,59)(H,62,63). The Labute approximate surface area is 379 Å². The van der Waals surface area contributed by atoms with Crippen molar-refractivity contribution in [2.75, 3.05) is 32.5 Å². The largest absolute Gasteiger partial charge is 0.507 e. The molecule has 0 spiro atoms. The van der Waals surface area contributed by atoms with Crippen LogP contribution in [0.1, 0.15) is 115 Å². The number of likely N-dealkylation sites (N-methyl/N-ethyl adjacent to an activating group) is 2. The molecule has 0 aromatic heterocycles. The molecule has 0 fully saturated rings. The van der Waals surface area contributed by atoms with Crippen molar-refractivity contribution in [1.29, 1.82) is 0 Å². The van der Waals surface area contributed by atoms with Crippen molar-refractivity contribution in [3.63, 3.8) is 0 Å². The Kier molecular flexibility index (Phi) is 20.9. The highest BCUT2D eigenvalue weighted by molar-refractivity contribution is 5.96. The first-order valence-corrected chi connectivity index (χ1v) is 22.1. The molecule has 0 saturated carbocycles. The lowest BCUT2D eigenvalue weighted by atomic mass is 9.93. The lowest BCUT2D eigenvalue weighted by molar-refractivity contribution is -0.143. The number of nitrogens with zero attached hydrogens (tertiary/aromatic N) is 3. The maximum absolute atomic E-state index is 13.9. The van der Waals surface area contributed by atoms with E-state index in [1.54, 1.807) is 0 Å². The van der Waals surface area contributed by atoms with E-state index in [-0.39, 0.29) is 34.6 Å². The molecule has 6 unspecified atom stereocenters. The minimum absolute atomic E-state index is 0.0225. The molecule has 20 heteroatoms. The molecule has 3 rings (SSSR count). The maximum atomic E-state index is 13.9. The Balaban J connectivity index is 1.70. The summed E-state index contributed by atoms with van der Waals surface area (Å²) >= 11 is 0. The zero-order chi connectivity index (χ0) is 48.5. The number of benzene rings is 2. The number of phenolic OH excluding ortho intramolecular Hbond substituents is 2. The molecule has 360 valence electrons. The molecule has 20 nitrogen and oxygen atoms in total. The third kappa shape index (κ3) is 15.3. The average molecular weight is 914 g/mol. The molecule has 4 bridgehead atoms. The minimum atomic E-state index is -1.61. The van der Waals surface area contributed by atoms with Gasteiger partial charge < -0.3 is 51.5 Å². The number of fused-ring (bicyclic) bond motifs is 5.